The Kier molecular flexibility index (Phi) is 3.11. The molecule has 0 spiro atoms. The van der Waals surface area contributed by atoms with Crippen molar-refractivity contribution < 1.29 is 0 Å². The van der Waals surface area contributed by atoms with Crippen LogP contribution in [0.1, 0.15) is 5.56 Å². The van der Waals surface area contributed by atoms with Gasteiger partial charge >= 0.3 is 0 Å². The molecule has 1 aromatic heterocycles. The molecule has 0 atom stereocenters. The van der Waals surface area contributed by atoms with Crippen molar-refractivity contribution in [1.82, 2.24) is 4.98 Å². The minimum atomic E-state index is 1.02. The predicted octanol–water partition coefficient (Wildman–Crippen LogP) is 4.72. The van der Waals surface area contributed by atoms with Gasteiger partial charge in [-0.15, -0.1) is 0 Å². The van der Waals surface area contributed by atoms with Crippen LogP contribution in [0.5, 0.6) is 0 Å². The Morgan fingerprint density at radius 2 is 1.47 bits per heavy atom. The Hall–Kier alpha value is -2.41. The molecule has 0 bridgehead atoms. The monoisotopic (exact) mass is 245 g/mol. The number of aromatic nitrogens is 1. The molecule has 2 aromatic carbocycles. The zero-order valence-electron chi connectivity index (χ0n) is 10.9. The topological polar surface area (TPSA) is 12.9 Å². The molecule has 1 heterocycles. The third-order valence-electron chi connectivity index (χ3n) is 3.18. The summed E-state index contributed by atoms with van der Waals surface area (Å²) in [5.74, 6) is 0. The summed E-state index contributed by atoms with van der Waals surface area (Å²) in [5, 5.41) is 0. The van der Waals surface area contributed by atoms with Crippen LogP contribution in [-0.4, -0.2) is 4.98 Å². The lowest BCUT2D eigenvalue weighted by Crippen LogP contribution is -1.86. The second-order valence-electron chi connectivity index (χ2n) is 4.67. The van der Waals surface area contributed by atoms with Crippen molar-refractivity contribution in [3.63, 3.8) is 0 Å². The van der Waals surface area contributed by atoms with Crippen molar-refractivity contribution in [2.45, 2.75) is 6.92 Å². The third-order valence-corrected chi connectivity index (χ3v) is 3.18. The van der Waals surface area contributed by atoms with Crippen LogP contribution in [0.4, 0.5) is 0 Å². The second kappa shape index (κ2) is 5.07. The first-order chi connectivity index (χ1) is 9.33. The van der Waals surface area contributed by atoms with E-state index in [0.29, 0.717) is 0 Å². The first-order valence-corrected chi connectivity index (χ1v) is 6.41. The van der Waals surface area contributed by atoms with Gasteiger partial charge in [-0.1, -0.05) is 54.1 Å². The van der Waals surface area contributed by atoms with E-state index in [9.17, 15) is 0 Å². The Labute approximate surface area is 113 Å². The van der Waals surface area contributed by atoms with E-state index in [4.69, 9.17) is 0 Å². The van der Waals surface area contributed by atoms with Gasteiger partial charge in [0.15, 0.2) is 0 Å². The van der Waals surface area contributed by atoms with Gasteiger partial charge in [-0.3, -0.25) is 4.98 Å². The van der Waals surface area contributed by atoms with Gasteiger partial charge in [0.25, 0.3) is 0 Å². The summed E-state index contributed by atoms with van der Waals surface area (Å²) in [5.41, 5.74) is 5.86. The highest BCUT2D eigenvalue weighted by Gasteiger charge is 2.02. The number of hydrogen-bond donors (Lipinski definition) is 0. The van der Waals surface area contributed by atoms with Crippen molar-refractivity contribution in [1.29, 1.82) is 0 Å². The van der Waals surface area contributed by atoms with Crippen LogP contribution in [-0.2, 0) is 0 Å². The lowest BCUT2D eigenvalue weighted by atomic mass is 10.0. The maximum Gasteiger partial charge on any atom is 0.0708 e. The Morgan fingerprint density at radius 3 is 2.26 bits per heavy atom. The molecule has 0 aliphatic rings. The molecule has 0 aliphatic heterocycles. The number of benzene rings is 2. The number of pyridine rings is 1. The lowest BCUT2D eigenvalue weighted by molar-refractivity contribution is 1.32. The van der Waals surface area contributed by atoms with E-state index in [0.717, 1.165) is 11.3 Å². The highest BCUT2D eigenvalue weighted by Crippen LogP contribution is 2.24. The minimum absolute atomic E-state index is 1.02. The Bertz CT molecular complexity index is 687. The summed E-state index contributed by atoms with van der Waals surface area (Å²) in [6.45, 7) is 2.10. The molecule has 0 unspecified atom stereocenters. The Balaban J connectivity index is 2.06. The van der Waals surface area contributed by atoms with E-state index in [1.807, 2.05) is 12.3 Å². The average Bonchev–Trinajstić information content (AvgIpc) is 2.48. The molecule has 0 aliphatic carbocycles. The Morgan fingerprint density at radius 1 is 0.684 bits per heavy atom. The molecule has 1 heteroatoms. The molecule has 0 amide bonds. The molecule has 0 radical (unpaired) electrons. The van der Waals surface area contributed by atoms with E-state index < -0.39 is 0 Å². The first-order valence-electron chi connectivity index (χ1n) is 6.41. The fraction of sp³-hybridized carbons (Fsp3) is 0.0556. The van der Waals surface area contributed by atoms with E-state index in [2.05, 4.69) is 72.6 Å². The predicted molar refractivity (Wildman–Crippen MR) is 79.8 cm³/mol. The number of aryl methyl sites for hydroxylation is 1. The largest absolute Gasteiger partial charge is 0.256 e. The van der Waals surface area contributed by atoms with Gasteiger partial charge in [-0.25, -0.2) is 0 Å². The van der Waals surface area contributed by atoms with Crippen LogP contribution >= 0.6 is 0 Å². The van der Waals surface area contributed by atoms with E-state index in [1.165, 1.54) is 16.7 Å². The fourth-order valence-electron chi connectivity index (χ4n) is 2.20. The highest BCUT2D eigenvalue weighted by atomic mass is 14.7. The summed E-state index contributed by atoms with van der Waals surface area (Å²) < 4.78 is 0. The van der Waals surface area contributed by atoms with Gasteiger partial charge in [0.1, 0.15) is 0 Å². The SMILES string of the molecule is Cc1cccc(-c2cc(-c3ccccc3)ccn2)c1. The molecular weight excluding hydrogens is 230 g/mol. The van der Waals surface area contributed by atoms with E-state index in [-0.39, 0.29) is 0 Å². The van der Waals surface area contributed by atoms with Crippen LogP contribution in [0.3, 0.4) is 0 Å². The van der Waals surface area contributed by atoms with Crippen molar-refractivity contribution in [3.05, 3.63) is 78.5 Å². The molecule has 0 N–H and O–H groups in total. The summed E-state index contributed by atoms with van der Waals surface area (Å²) in [7, 11) is 0. The van der Waals surface area contributed by atoms with Crippen LogP contribution in [0.25, 0.3) is 22.4 Å². The molecule has 3 rings (SSSR count). The lowest BCUT2D eigenvalue weighted by Gasteiger charge is -2.05. The van der Waals surface area contributed by atoms with Crippen LogP contribution in [0.15, 0.2) is 72.9 Å². The van der Waals surface area contributed by atoms with Gasteiger partial charge in [0.05, 0.1) is 5.69 Å². The highest BCUT2D eigenvalue weighted by molar-refractivity contribution is 5.70. The van der Waals surface area contributed by atoms with Crippen molar-refractivity contribution in [3.8, 4) is 22.4 Å². The molecule has 0 saturated carbocycles. The average molecular weight is 245 g/mol. The van der Waals surface area contributed by atoms with E-state index in [1.54, 1.807) is 0 Å². The van der Waals surface area contributed by atoms with Crippen LogP contribution < -0.4 is 0 Å². The normalized spacial score (nSPS) is 10.4. The summed E-state index contributed by atoms with van der Waals surface area (Å²) in [4.78, 5) is 4.48. The van der Waals surface area contributed by atoms with Crippen molar-refractivity contribution >= 4 is 0 Å². The molecule has 92 valence electrons. The summed E-state index contributed by atoms with van der Waals surface area (Å²) in [6.07, 6.45) is 1.88. The van der Waals surface area contributed by atoms with Gasteiger partial charge in [0, 0.05) is 11.8 Å². The smallest absolute Gasteiger partial charge is 0.0708 e. The molecule has 1 nitrogen and oxygen atoms in total. The second-order valence-corrected chi connectivity index (χ2v) is 4.67. The maximum absolute atomic E-state index is 4.48. The van der Waals surface area contributed by atoms with Gasteiger partial charge < -0.3 is 0 Å². The van der Waals surface area contributed by atoms with Crippen molar-refractivity contribution in [2.24, 2.45) is 0 Å². The van der Waals surface area contributed by atoms with Gasteiger partial charge in [0.2, 0.25) is 0 Å². The van der Waals surface area contributed by atoms with Crippen LogP contribution in [0, 0.1) is 6.92 Å². The van der Waals surface area contributed by atoms with Gasteiger partial charge in [-0.2, -0.15) is 0 Å². The van der Waals surface area contributed by atoms with E-state index >= 15 is 0 Å². The van der Waals surface area contributed by atoms with Gasteiger partial charge in [-0.05, 0) is 36.2 Å². The fourth-order valence-corrected chi connectivity index (χ4v) is 2.20. The summed E-state index contributed by atoms with van der Waals surface area (Å²) in [6, 6.07) is 23.0. The number of rotatable bonds is 2. The molecule has 3 aromatic rings. The number of hydrogen-bond acceptors (Lipinski definition) is 1. The third kappa shape index (κ3) is 2.55. The zero-order chi connectivity index (χ0) is 13.1. The molecule has 19 heavy (non-hydrogen) atoms. The van der Waals surface area contributed by atoms with Crippen LogP contribution in [0.2, 0.25) is 0 Å². The molecule has 0 fully saturated rings. The number of nitrogens with zero attached hydrogens (tertiary/aromatic N) is 1. The molecular formula is C18H15N. The quantitative estimate of drug-likeness (QED) is 0.636. The standard InChI is InChI=1S/C18H15N/c1-14-6-5-9-17(12-14)18-13-16(10-11-19-18)15-7-3-2-4-8-15/h2-13H,1H3. The first kappa shape index (κ1) is 11.7. The minimum Gasteiger partial charge on any atom is -0.256 e. The summed E-state index contributed by atoms with van der Waals surface area (Å²) >= 11 is 0. The maximum atomic E-state index is 4.48. The molecule has 0 saturated heterocycles. The van der Waals surface area contributed by atoms with Crippen molar-refractivity contribution in [2.75, 3.05) is 0 Å². The zero-order valence-corrected chi connectivity index (χ0v) is 10.9.